The number of para-hydroxylation sites is 1. The summed E-state index contributed by atoms with van der Waals surface area (Å²) in [4.78, 5) is 9.23. The van der Waals surface area contributed by atoms with E-state index in [1.807, 2.05) is 12.1 Å². The Morgan fingerprint density at radius 2 is 1.95 bits per heavy atom. The fourth-order valence-corrected chi connectivity index (χ4v) is 3.73. The molecule has 0 amide bonds. The van der Waals surface area contributed by atoms with E-state index in [4.69, 9.17) is 0 Å². The summed E-state index contributed by atoms with van der Waals surface area (Å²) in [7, 11) is 0. The average molecular weight is 319 g/mol. The summed E-state index contributed by atoms with van der Waals surface area (Å²) in [6.07, 6.45) is 2.22. The maximum atomic E-state index is 13.8. The maximum Gasteiger partial charge on any atom is 0.146 e. The van der Waals surface area contributed by atoms with Crippen molar-refractivity contribution < 1.29 is 4.39 Å². The van der Waals surface area contributed by atoms with E-state index >= 15 is 0 Å². The van der Waals surface area contributed by atoms with Crippen molar-refractivity contribution in [3.05, 3.63) is 46.2 Å². The second-order valence-corrected chi connectivity index (χ2v) is 6.64. The lowest BCUT2D eigenvalue weighted by molar-refractivity contribution is 0.247. The van der Waals surface area contributed by atoms with Crippen molar-refractivity contribution in [2.24, 2.45) is 0 Å². The molecule has 0 spiro atoms. The molecule has 0 radical (unpaired) electrons. The van der Waals surface area contributed by atoms with Crippen LogP contribution in [-0.2, 0) is 13.0 Å². The molecule has 5 heteroatoms. The van der Waals surface area contributed by atoms with Gasteiger partial charge in [0.25, 0.3) is 0 Å². The predicted octanol–water partition coefficient (Wildman–Crippen LogP) is 3.56. The number of aryl methyl sites for hydroxylation is 1. The largest absolute Gasteiger partial charge is 0.367 e. The number of hydrogen-bond acceptors (Lipinski definition) is 4. The highest BCUT2D eigenvalue weighted by Gasteiger charge is 2.19. The first kappa shape index (κ1) is 15.4. The van der Waals surface area contributed by atoms with E-state index in [2.05, 4.69) is 27.1 Å². The quantitative estimate of drug-likeness (QED) is 0.840. The molecule has 1 saturated heterocycles. The Bertz CT molecular complexity index is 605. The number of halogens is 1. The molecule has 0 atom stereocenters. The Hall–Kier alpha value is -1.46. The van der Waals surface area contributed by atoms with Crippen LogP contribution in [0.2, 0.25) is 0 Å². The highest BCUT2D eigenvalue weighted by Crippen LogP contribution is 2.21. The third-order valence-corrected chi connectivity index (χ3v) is 4.97. The Labute approximate surface area is 135 Å². The molecular formula is C17H22FN3S. The van der Waals surface area contributed by atoms with Gasteiger partial charge in [0.05, 0.1) is 16.4 Å². The van der Waals surface area contributed by atoms with Gasteiger partial charge >= 0.3 is 0 Å². The first-order valence-corrected chi connectivity index (χ1v) is 8.79. The summed E-state index contributed by atoms with van der Waals surface area (Å²) >= 11 is 1.76. The molecule has 1 aromatic heterocycles. The Balaban J connectivity index is 1.54. The molecule has 0 unspecified atom stereocenters. The average Bonchev–Trinajstić information content (AvgIpc) is 2.96. The topological polar surface area (TPSA) is 19.4 Å². The molecule has 3 nitrogen and oxygen atoms in total. The van der Waals surface area contributed by atoms with Crippen LogP contribution < -0.4 is 4.90 Å². The third-order valence-electron chi connectivity index (χ3n) is 4.01. The monoisotopic (exact) mass is 319 g/mol. The summed E-state index contributed by atoms with van der Waals surface area (Å²) in [5.74, 6) is -0.125. The Kier molecular flexibility index (Phi) is 5.05. The number of piperazine rings is 1. The van der Waals surface area contributed by atoms with Crippen LogP contribution in [0.5, 0.6) is 0 Å². The zero-order chi connectivity index (χ0) is 15.4. The van der Waals surface area contributed by atoms with Gasteiger partial charge in [-0.25, -0.2) is 9.37 Å². The van der Waals surface area contributed by atoms with Gasteiger partial charge < -0.3 is 4.90 Å². The van der Waals surface area contributed by atoms with Crippen LogP contribution in [0.3, 0.4) is 0 Å². The number of nitrogens with zero attached hydrogens (tertiary/aromatic N) is 3. The number of hydrogen-bond donors (Lipinski definition) is 0. The number of aromatic nitrogens is 1. The minimum absolute atomic E-state index is 0.125. The third kappa shape index (κ3) is 3.65. The van der Waals surface area contributed by atoms with Crippen LogP contribution in [0.15, 0.2) is 29.6 Å². The minimum Gasteiger partial charge on any atom is -0.367 e. The van der Waals surface area contributed by atoms with E-state index in [9.17, 15) is 4.39 Å². The van der Waals surface area contributed by atoms with E-state index < -0.39 is 0 Å². The van der Waals surface area contributed by atoms with Gasteiger partial charge in [0.15, 0.2) is 0 Å². The fraction of sp³-hybridized carbons (Fsp3) is 0.471. The van der Waals surface area contributed by atoms with Crippen LogP contribution in [0.4, 0.5) is 10.1 Å². The van der Waals surface area contributed by atoms with E-state index in [0.717, 1.165) is 51.3 Å². The van der Waals surface area contributed by atoms with Gasteiger partial charge in [-0.3, -0.25) is 4.90 Å². The van der Waals surface area contributed by atoms with E-state index in [-0.39, 0.29) is 5.82 Å². The van der Waals surface area contributed by atoms with Crippen molar-refractivity contribution >= 4 is 17.0 Å². The van der Waals surface area contributed by atoms with Gasteiger partial charge in [0.2, 0.25) is 0 Å². The van der Waals surface area contributed by atoms with E-state index in [1.165, 1.54) is 16.8 Å². The Morgan fingerprint density at radius 1 is 1.18 bits per heavy atom. The van der Waals surface area contributed by atoms with E-state index in [0.29, 0.717) is 0 Å². The van der Waals surface area contributed by atoms with Crippen molar-refractivity contribution in [2.45, 2.75) is 26.3 Å². The highest BCUT2D eigenvalue weighted by molar-refractivity contribution is 7.09. The van der Waals surface area contributed by atoms with Gasteiger partial charge in [-0.1, -0.05) is 19.1 Å². The summed E-state index contributed by atoms with van der Waals surface area (Å²) in [6, 6.07) is 7.04. The maximum absolute atomic E-state index is 13.8. The van der Waals surface area contributed by atoms with Crippen molar-refractivity contribution in [2.75, 3.05) is 31.1 Å². The Morgan fingerprint density at radius 3 is 2.68 bits per heavy atom. The number of anilines is 1. The van der Waals surface area contributed by atoms with Crippen LogP contribution in [0, 0.1) is 5.82 Å². The van der Waals surface area contributed by atoms with Gasteiger partial charge in [-0.05, 0) is 25.0 Å². The molecule has 2 heterocycles. The second-order valence-electron chi connectivity index (χ2n) is 5.70. The van der Waals surface area contributed by atoms with Crippen LogP contribution in [0.1, 0.15) is 24.0 Å². The number of thiazole rings is 1. The molecule has 1 fully saturated rings. The van der Waals surface area contributed by atoms with Gasteiger partial charge in [0, 0.05) is 38.1 Å². The summed E-state index contributed by atoms with van der Waals surface area (Å²) in [6.45, 7) is 6.73. The van der Waals surface area contributed by atoms with Crippen molar-refractivity contribution in [1.29, 1.82) is 0 Å². The van der Waals surface area contributed by atoms with Crippen molar-refractivity contribution in [3.8, 4) is 0 Å². The fourth-order valence-electron chi connectivity index (χ4n) is 2.83. The summed E-state index contributed by atoms with van der Waals surface area (Å²) in [5, 5.41) is 3.41. The zero-order valence-corrected chi connectivity index (χ0v) is 13.8. The molecular weight excluding hydrogens is 297 g/mol. The van der Waals surface area contributed by atoms with Crippen LogP contribution >= 0.6 is 11.3 Å². The van der Waals surface area contributed by atoms with Gasteiger partial charge in [0.1, 0.15) is 5.82 Å². The molecule has 1 aliphatic heterocycles. The highest BCUT2D eigenvalue weighted by atomic mass is 32.1. The molecule has 0 saturated carbocycles. The number of rotatable bonds is 5. The van der Waals surface area contributed by atoms with Crippen molar-refractivity contribution in [3.63, 3.8) is 0 Å². The van der Waals surface area contributed by atoms with Gasteiger partial charge in [-0.15, -0.1) is 11.3 Å². The molecule has 0 aliphatic carbocycles. The smallest absolute Gasteiger partial charge is 0.146 e. The second kappa shape index (κ2) is 7.20. The first-order valence-electron chi connectivity index (χ1n) is 7.91. The van der Waals surface area contributed by atoms with E-state index in [1.54, 1.807) is 17.4 Å². The number of benzene rings is 1. The zero-order valence-electron chi connectivity index (χ0n) is 13.0. The van der Waals surface area contributed by atoms with Crippen LogP contribution in [-0.4, -0.2) is 36.1 Å². The molecule has 1 aromatic carbocycles. The molecule has 22 heavy (non-hydrogen) atoms. The lowest BCUT2D eigenvalue weighted by Crippen LogP contribution is -2.46. The first-order chi connectivity index (χ1) is 10.8. The lowest BCUT2D eigenvalue weighted by atomic mass is 10.2. The predicted molar refractivity (Wildman–Crippen MR) is 90.0 cm³/mol. The molecule has 0 bridgehead atoms. The molecule has 0 N–H and O–H groups in total. The summed E-state index contributed by atoms with van der Waals surface area (Å²) < 4.78 is 13.8. The molecule has 1 aliphatic rings. The molecule has 3 rings (SSSR count). The van der Waals surface area contributed by atoms with Gasteiger partial charge in [-0.2, -0.15) is 0 Å². The molecule has 118 valence electrons. The SMILES string of the molecule is CCCc1nc(CN2CCN(c3ccccc3F)CC2)cs1. The minimum atomic E-state index is -0.125. The normalized spacial score (nSPS) is 16.2. The summed E-state index contributed by atoms with van der Waals surface area (Å²) in [5.41, 5.74) is 1.90. The van der Waals surface area contributed by atoms with Crippen molar-refractivity contribution in [1.82, 2.24) is 9.88 Å². The standard InChI is InChI=1S/C17H22FN3S/c1-2-5-17-19-14(13-22-17)12-20-8-10-21(11-9-20)16-7-4-3-6-15(16)18/h3-4,6-7,13H,2,5,8-12H2,1H3. The molecule has 2 aromatic rings. The van der Waals surface area contributed by atoms with Crippen LogP contribution in [0.25, 0.3) is 0 Å². The lowest BCUT2D eigenvalue weighted by Gasteiger charge is -2.35.